The Morgan fingerprint density at radius 3 is 2.52 bits per heavy atom. The van der Waals surface area contributed by atoms with Crippen LogP contribution >= 0.6 is 0 Å². The van der Waals surface area contributed by atoms with Gasteiger partial charge in [0.1, 0.15) is 5.76 Å². The smallest absolute Gasteiger partial charge is 0.158 e. The van der Waals surface area contributed by atoms with Crippen molar-refractivity contribution in [1.29, 1.82) is 0 Å². The number of nitrogens with two attached hydrogens (primary N) is 4. The minimum atomic E-state index is -0.527. The van der Waals surface area contributed by atoms with E-state index in [4.69, 9.17) is 47.0 Å². The van der Waals surface area contributed by atoms with Crippen molar-refractivity contribution in [3.8, 4) is 0 Å². The van der Waals surface area contributed by atoms with E-state index in [-0.39, 0.29) is 43.3 Å². The summed E-state index contributed by atoms with van der Waals surface area (Å²) >= 11 is 0. The Hall–Kier alpha value is -1.02. The van der Waals surface area contributed by atoms with E-state index < -0.39 is 11.7 Å². The lowest BCUT2D eigenvalue weighted by Crippen LogP contribution is -2.51. The first-order chi connectivity index (χ1) is 22.2. The lowest BCUT2D eigenvalue weighted by atomic mass is 9.89. The Morgan fingerprint density at radius 2 is 1.87 bits per heavy atom. The molecule has 1 aliphatic carbocycles. The SMILES string of the molecule is NCCNNC1CC(N)CC(OC2CCC(CO)O2)C1.NC[C@H]1CC(O)[C@@H](N)CO1.OC1(CNCC2=CCCCO2)CCNCC1. The lowest BCUT2D eigenvalue weighted by molar-refractivity contribution is -0.175. The first-order valence-electron chi connectivity index (χ1n) is 17.3. The van der Waals surface area contributed by atoms with E-state index in [0.29, 0.717) is 38.7 Å². The molecule has 270 valence electrons. The third kappa shape index (κ3) is 15.0. The van der Waals surface area contributed by atoms with Gasteiger partial charge in [0.25, 0.3) is 0 Å². The number of nitrogens with one attached hydrogen (secondary N) is 4. The molecule has 3 saturated heterocycles. The molecule has 5 rings (SSSR count). The van der Waals surface area contributed by atoms with Crippen LogP contribution in [0.4, 0.5) is 0 Å². The average molecular weight is 661 g/mol. The quantitative estimate of drug-likeness (QED) is 0.0772. The van der Waals surface area contributed by atoms with Gasteiger partial charge in [0.15, 0.2) is 6.29 Å². The second kappa shape index (κ2) is 21.8. The first-order valence-corrected chi connectivity index (χ1v) is 17.3. The van der Waals surface area contributed by atoms with Gasteiger partial charge in [-0.2, -0.15) is 0 Å². The molecule has 1 saturated carbocycles. The molecule has 0 aromatic rings. The van der Waals surface area contributed by atoms with Gasteiger partial charge in [0, 0.05) is 51.1 Å². The highest BCUT2D eigenvalue weighted by atomic mass is 16.7. The van der Waals surface area contributed by atoms with E-state index in [1.165, 1.54) is 0 Å². The number of aliphatic hydroxyl groups excluding tert-OH is 2. The summed E-state index contributed by atoms with van der Waals surface area (Å²) in [4.78, 5) is 0. The molecule has 0 bridgehead atoms. The zero-order valence-corrected chi connectivity index (χ0v) is 27.6. The van der Waals surface area contributed by atoms with Gasteiger partial charge in [-0.15, -0.1) is 0 Å². The zero-order chi connectivity index (χ0) is 33.2. The van der Waals surface area contributed by atoms with E-state index >= 15 is 0 Å². The molecule has 8 atom stereocenters. The molecule has 4 aliphatic heterocycles. The number of aliphatic hydroxyl groups is 3. The minimum Gasteiger partial charge on any atom is -0.497 e. The molecule has 4 fully saturated rings. The third-order valence-corrected chi connectivity index (χ3v) is 8.97. The third-order valence-electron chi connectivity index (χ3n) is 8.97. The highest BCUT2D eigenvalue weighted by Crippen LogP contribution is 2.27. The fraction of sp³-hybridized carbons (Fsp3) is 0.935. The molecule has 15 N–H and O–H groups in total. The summed E-state index contributed by atoms with van der Waals surface area (Å²) in [5.41, 5.74) is 28.2. The Labute approximate surface area is 274 Å². The Morgan fingerprint density at radius 1 is 1.07 bits per heavy atom. The highest BCUT2D eigenvalue weighted by molar-refractivity contribution is 4.99. The molecule has 0 aromatic heterocycles. The molecule has 0 aromatic carbocycles. The van der Waals surface area contributed by atoms with Crippen molar-refractivity contribution in [3.05, 3.63) is 11.8 Å². The Bertz CT molecular complexity index is 841. The highest BCUT2D eigenvalue weighted by Gasteiger charge is 2.33. The Kier molecular flexibility index (Phi) is 18.7. The molecule has 4 heterocycles. The van der Waals surface area contributed by atoms with Crippen molar-refractivity contribution in [2.24, 2.45) is 22.9 Å². The number of rotatable bonds is 12. The number of ether oxygens (including phenoxy) is 4. The number of hydrazine groups is 1. The summed E-state index contributed by atoms with van der Waals surface area (Å²) in [6.07, 6.45) is 10.4. The van der Waals surface area contributed by atoms with Crippen LogP contribution in [0.25, 0.3) is 0 Å². The summed E-state index contributed by atoms with van der Waals surface area (Å²) in [6.45, 7) is 6.36. The topological polar surface area (TPSA) is 250 Å². The van der Waals surface area contributed by atoms with Crippen LogP contribution in [-0.4, -0.2) is 135 Å². The van der Waals surface area contributed by atoms with E-state index in [9.17, 15) is 10.2 Å². The van der Waals surface area contributed by atoms with Crippen LogP contribution < -0.4 is 44.4 Å². The second-order valence-corrected chi connectivity index (χ2v) is 13.1. The number of piperidine rings is 1. The van der Waals surface area contributed by atoms with Crippen molar-refractivity contribution in [2.75, 3.05) is 65.6 Å². The normalized spacial score (nSPS) is 34.3. The summed E-state index contributed by atoms with van der Waals surface area (Å²) in [6, 6.07) is 0.203. The van der Waals surface area contributed by atoms with Gasteiger partial charge in [0.2, 0.25) is 0 Å². The largest absolute Gasteiger partial charge is 0.497 e. The van der Waals surface area contributed by atoms with E-state index in [0.717, 1.165) is 96.3 Å². The number of hydrogen-bond acceptors (Lipinski definition) is 15. The van der Waals surface area contributed by atoms with E-state index in [1.54, 1.807) is 0 Å². The van der Waals surface area contributed by atoms with Gasteiger partial charge >= 0.3 is 0 Å². The summed E-state index contributed by atoms with van der Waals surface area (Å²) in [5, 5.41) is 35.1. The molecule has 6 unspecified atom stereocenters. The monoisotopic (exact) mass is 660 g/mol. The molecule has 15 heteroatoms. The predicted molar refractivity (Wildman–Crippen MR) is 176 cm³/mol. The van der Waals surface area contributed by atoms with Crippen LogP contribution in [0.15, 0.2) is 11.8 Å². The molecule has 0 amide bonds. The van der Waals surface area contributed by atoms with Gasteiger partial charge in [-0.05, 0) is 70.5 Å². The fourth-order valence-corrected chi connectivity index (χ4v) is 6.20. The van der Waals surface area contributed by atoms with Crippen LogP contribution in [0.1, 0.15) is 64.2 Å². The van der Waals surface area contributed by atoms with Crippen LogP contribution in [0.2, 0.25) is 0 Å². The molecule has 0 spiro atoms. The number of hydrogen-bond donors (Lipinski definition) is 11. The average Bonchev–Trinajstić information content (AvgIpc) is 3.51. The summed E-state index contributed by atoms with van der Waals surface area (Å²) in [5.74, 6) is 1.03. The first kappa shape index (κ1) is 39.4. The van der Waals surface area contributed by atoms with Crippen LogP contribution in [0, 0.1) is 0 Å². The predicted octanol–water partition coefficient (Wildman–Crippen LogP) is -2.39. The summed E-state index contributed by atoms with van der Waals surface area (Å²) < 4.78 is 22.3. The van der Waals surface area contributed by atoms with Crippen molar-refractivity contribution >= 4 is 0 Å². The fourth-order valence-electron chi connectivity index (χ4n) is 6.20. The second-order valence-electron chi connectivity index (χ2n) is 13.1. The molecule has 5 aliphatic rings. The lowest BCUT2D eigenvalue weighted by Gasteiger charge is -2.34. The van der Waals surface area contributed by atoms with E-state index in [2.05, 4.69) is 27.6 Å². The van der Waals surface area contributed by atoms with E-state index in [1.807, 2.05) is 0 Å². The van der Waals surface area contributed by atoms with Crippen molar-refractivity contribution in [1.82, 2.24) is 21.5 Å². The molecular weight excluding hydrogens is 596 g/mol. The van der Waals surface area contributed by atoms with Gasteiger partial charge < -0.3 is 67.8 Å². The zero-order valence-electron chi connectivity index (χ0n) is 27.6. The van der Waals surface area contributed by atoms with Crippen molar-refractivity contribution in [3.63, 3.8) is 0 Å². The van der Waals surface area contributed by atoms with Crippen molar-refractivity contribution in [2.45, 2.75) is 119 Å². The van der Waals surface area contributed by atoms with Crippen LogP contribution in [0.5, 0.6) is 0 Å². The Balaban J connectivity index is 0.000000198. The summed E-state index contributed by atoms with van der Waals surface area (Å²) in [7, 11) is 0. The van der Waals surface area contributed by atoms with Gasteiger partial charge in [-0.25, -0.2) is 0 Å². The molecule has 46 heavy (non-hydrogen) atoms. The molecule has 0 radical (unpaired) electrons. The minimum absolute atomic E-state index is 0.00481. The maximum atomic E-state index is 10.2. The van der Waals surface area contributed by atoms with Gasteiger partial charge in [-0.3, -0.25) is 10.9 Å². The van der Waals surface area contributed by atoms with Crippen LogP contribution in [0.3, 0.4) is 0 Å². The maximum Gasteiger partial charge on any atom is 0.158 e. The van der Waals surface area contributed by atoms with Gasteiger partial charge in [0.05, 0.1) is 62.4 Å². The molecule has 15 nitrogen and oxygen atoms in total. The standard InChI is InChI=1S/C13H28N4O3.C12H22N2O2.C6H14N2O2/c14-3-4-16-17-10-5-9(15)6-12(7-10)20-13-2-1-11(8-18)19-13;15-12(4-6-13-7-5-12)10-14-9-11-3-1-2-8-16-11;7-2-4-1-6(9)5(8)3-10-4/h9-13,16-18H,1-8,14-15H2;3,13-15H,1-2,4-10H2;4-6,9H,1-3,7-8H2/t;;4-,5+,6?/m..1/s1. The number of allylic oxidation sites excluding steroid dienone is 1. The molecular formula is C31H64N8O7. The van der Waals surface area contributed by atoms with Crippen molar-refractivity contribution < 1.29 is 34.3 Å². The van der Waals surface area contributed by atoms with Gasteiger partial charge in [-0.1, -0.05) is 0 Å². The maximum absolute atomic E-state index is 10.2. The van der Waals surface area contributed by atoms with Crippen LogP contribution in [-0.2, 0) is 18.9 Å².